The molecule has 0 aromatic heterocycles. The van der Waals surface area contributed by atoms with Crippen LogP contribution in [-0.4, -0.2) is 47.5 Å². The second-order valence-corrected chi connectivity index (χ2v) is 7.77. The van der Waals surface area contributed by atoms with Gasteiger partial charge in [-0.25, -0.2) is 4.79 Å². The number of carbonyl (C=O) groups excluding carboxylic acids is 2. The van der Waals surface area contributed by atoms with Crippen molar-refractivity contribution in [2.24, 2.45) is 0 Å². The Morgan fingerprint density at radius 3 is 2.50 bits per heavy atom. The molecule has 1 atom stereocenters. The van der Waals surface area contributed by atoms with Crippen molar-refractivity contribution in [3.05, 3.63) is 65.2 Å². The molecule has 4 rings (SSSR count). The first-order chi connectivity index (χ1) is 14.6. The van der Waals surface area contributed by atoms with E-state index < -0.39 is 0 Å². The summed E-state index contributed by atoms with van der Waals surface area (Å²) in [5, 5.41) is 3.65. The topological polar surface area (TPSA) is 61.9 Å². The lowest BCUT2D eigenvalue weighted by atomic mass is 10.0. The quantitative estimate of drug-likeness (QED) is 0.796. The first kappa shape index (κ1) is 20.3. The first-order valence-corrected chi connectivity index (χ1v) is 10.8. The Hall–Kier alpha value is -3.02. The molecule has 0 radical (unpaired) electrons. The number of likely N-dealkylation sites (tertiary alicyclic amines) is 1. The smallest absolute Gasteiger partial charge is 0.409 e. The fraction of sp³-hybridized carbons (Fsp3) is 0.417. The normalized spacial score (nSPS) is 19.0. The lowest BCUT2D eigenvalue weighted by Gasteiger charge is -2.39. The number of piperidine rings is 1. The SMILES string of the molecule is CCOC(=O)N1CCC(N2C(=O)c3ccccc3C2Nc2ccccc2CC)CC1. The fourth-order valence-electron chi connectivity index (χ4n) is 4.52. The van der Waals surface area contributed by atoms with Gasteiger partial charge >= 0.3 is 6.09 Å². The summed E-state index contributed by atoms with van der Waals surface area (Å²) < 4.78 is 5.13. The number of para-hydroxylation sites is 1. The molecule has 6 nitrogen and oxygen atoms in total. The van der Waals surface area contributed by atoms with Crippen LogP contribution < -0.4 is 5.32 Å². The summed E-state index contributed by atoms with van der Waals surface area (Å²) in [5.74, 6) is 0.0617. The Morgan fingerprint density at radius 2 is 1.77 bits per heavy atom. The molecule has 0 bridgehead atoms. The minimum Gasteiger partial charge on any atom is -0.450 e. The highest BCUT2D eigenvalue weighted by atomic mass is 16.6. The number of hydrogen-bond acceptors (Lipinski definition) is 4. The van der Waals surface area contributed by atoms with Gasteiger partial charge in [-0.3, -0.25) is 4.79 Å². The molecule has 2 aromatic carbocycles. The summed E-state index contributed by atoms with van der Waals surface area (Å²) in [7, 11) is 0. The maximum absolute atomic E-state index is 13.3. The Morgan fingerprint density at radius 1 is 1.07 bits per heavy atom. The van der Waals surface area contributed by atoms with Crippen LogP contribution in [0.3, 0.4) is 0 Å². The van der Waals surface area contributed by atoms with Crippen molar-refractivity contribution in [1.82, 2.24) is 9.80 Å². The number of nitrogens with zero attached hydrogens (tertiary/aromatic N) is 2. The van der Waals surface area contributed by atoms with Gasteiger partial charge in [0.1, 0.15) is 6.17 Å². The Labute approximate surface area is 177 Å². The second-order valence-electron chi connectivity index (χ2n) is 7.77. The van der Waals surface area contributed by atoms with E-state index >= 15 is 0 Å². The molecule has 0 saturated carbocycles. The van der Waals surface area contributed by atoms with Gasteiger partial charge in [-0.1, -0.05) is 43.3 Å². The lowest BCUT2D eigenvalue weighted by molar-refractivity contribution is 0.0496. The molecule has 1 saturated heterocycles. The number of benzene rings is 2. The molecule has 2 heterocycles. The number of ether oxygens (including phenoxy) is 1. The van der Waals surface area contributed by atoms with Gasteiger partial charge in [0.05, 0.1) is 6.61 Å². The molecule has 1 fully saturated rings. The van der Waals surface area contributed by atoms with Crippen molar-refractivity contribution in [3.8, 4) is 0 Å². The standard InChI is InChI=1S/C24H29N3O3/c1-3-17-9-5-8-12-21(17)25-22-19-10-6-7-11-20(19)23(28)27(22)18-13-15-26(16-14-18)24(29)30-4-2/h5-12,18,22,25H,3-4,13-16H2,1-2H3. The summed E-state index contributed by atoms with van der Waals surface area (Å²) in [5.41, 5.74) is 4.06. The third kappa shape index (κ3) is 3.74. The monoisotopic (exact) mass is 407 g/mol. The molecule has 2 aromatic rings. The Bertz CT molecular complexity index is 921. The van der Waals surface area contributed by atoms with E-state index in [9.17, 15) is 9.59 Å². The van der Waals surface area contributed by atoms with Crippen molar-refractivity contribution in [1.29, 1.82) is 0 Å². The molecule has 30 heavy (non-hydrogen) atoms. The van der Waals surface area contributed by atoms with Crippen molar-refractivity contribution < 1.29 is 14.3 Å². The van der Waals surface area contributed by atoms with E-state index in [-0.39, 0.29) is 24.2 Å². The predicted octanol–water partition coefficient (Wildman–Crippen LogP) is 4.44. The van der Waals surface area contributed by atoms with E-state index in [1.165, 1.54) is 5.56 Å². The van der Waals surface area contributed by atoms with E-state index in [1.807, 2.05) is 48.2 Å². The Balaban J connectivity index is 1.58. The third-order valence-corrected chi connectivity index (χ3v) is 6.07. The molecule has 0 aliphatic carbocycles. The summed E-state index contributed by atoms with van der Waals surface area (Å²) >= 11 is 0. The van der Waals surface area contributed by atoms with Gasteiger partial charge in [0.25, 0.3) is 5.91 Å². The van der Waals surface area contributed by atoms with Gasteiger partial charge in [0.15, 0.2) is 0 Å². The van der Waals surface area contributed by atoms with Crippen LogP contribution >= 0.6 is 0 Å². The molecule has 158 valence electrons. The number of amides is 2. The van der Waals surface area contributed by atoms with Crippen LogP contribution in [0.15, 0.2) is 48.5 Å². The summed E-state index contributed by atoms with van der Waals surface area (Å²) in [4.78, 5) is 29.1. The van der Waals surface area contributed by atoms with Crippen LogP contribution in [0.2, 0.25) is 0 Å². The third-order valence-electron chi connectivity index (χ3n) is 6.07. The Kier molecular flexibility index (Phi) is 5.93. The zero-order chi connectivity index (χ0) is 21.1. The summed E-state index contributed by atoms with van der Waals surface area (Å²) in [6.07, 6.45) is 1.93. The van der Waals surface area contributed by atoms with Gasteiger partial charge in [0, 0.05) is 35.9 Å². The zero-order valence-corrected chi connectivity index (χ0v) is 17.6. The van der Waals surface area contributed by atoms with Gasteiger partial charge in [-0.15, -0.1) is 0 Å². The number of hydrogen-bond donors (Lipinski definition) is 1. The molecular weight excluding hydrogens is 378 g/mol. The number of nitrogens with one attached hydrogen (secondary N) is 1. The van der Waals surface area contributed by atoms with Crippen molar-refractivity contribution in [2.45, 2.75) is 45.3 Å². The maximum atomic E-state index is 13.3. The van der Waals surface area contributed by atoms with E-state index in [4.69, 9.17) is 4.74 Å². The molecule has 0 spiro atoms. The summed E-state index contributed by atoms with van der Waals surface area (Å²) in [6.45, 7) is 5.53. The van der Waals surface area contributed by atoms with Crippen LogP contribution in [0.25, 0.3) is 0 Å². The highest BCUT2D eigenvalue weighted by Gasteiger charge is 2.42. The molecule has 2 amide bonds. The average molecular weight is 408 g/mol. The zero-order valence-electron chi connectivity index (χ0n) is 17.6. The maximum Gasteiger partial charge on any atom is 0.409 e. The van der Waals surface area contributed by atoms with E-state index in [0.29, 0.717) is 19.7 Å². The van der Waals surface area contributed by atoms with Crippen LogP contribution in [-0.2, 0) is 11.2 Å². The minimum atomic E-state index is -0.265. The predicted molar refractivity (Wildman–Crippen MR) is 116 cm³/mol. The highest BCUT2D eigenvalue weighted by molar-refractivity contribution is 5.99. The van der Waals surface area contributed by atoms with Gasteiger partial charge in [-0.05, 0) is 43.9 Å². The van der Waals surface area contributed by atoms with Crippen LogP contribution in [0, 0.1) is 0 Å². The van der Waals surface area contributed by atoms with E-state index in [1.54, 1.807) is 4.90 Å². The first-order valence-electron chi connectivity index (χ1n) is 10.8. The van der Waals surface area contributed by atoms with Gasteiger partial charge in [0.2, 0.25) is 0 Å². The van der Waals surface area contributed by atoms with Gasteiger partial charge < -0.3 is 19.9 Å². The highest BCUT2D eigenvalue weighted by Crippen LogP contribution is 2.38. The molecule has 6 heteroatoms. The van der Waals surface area contributed by atoms with Crippen LogP contribution in [0.4, 0.5) is 10.5 Å². The number of aryl methyl sites for hydroxylation is 1. The van der Waals surface area contributed by atoms with Crippen LogP contribution in [0.1, 0.15) is 54.3 Å². The van der Waals surface area contributed by atoms with Crippen molar-refractivity contribution >= 4 is 17.7 Å². The van der Waals surface area contributed by atoms with E-state index in [2.05, 4.69) is 24.4 Å². The molecule has 1 unspecified atom stereocenters. The number of carbonyl (C=O) groups is 2. The number of rotatable bonds is 5. The van der Waals surface area contributed by atoms with Crippen LogP contribution in [0.5, 0.6) is 0 Å². The average Bonchev–Trinajstić information content (AvgIpc) is 3.06. The molecule has 1 N–H and O–H groups in total. The molecule has 2 aliphatic heterocycles. The number of anilines is 1. The van der Waals surface area contributed by atoms with E-state index in [0.717, 1.165) is 36.1 Å². The largest absolute Gasteiger partial charge is 0.450 e. The van der Waals surface area contributed by atoms with Gasteiger partial charge in [-0.2, -0.15) is 0 Å². The fourth-order valence-corrected chi connectivity index (χ4v) is 4.52. The van der Waals surface area contributed by atoms with Crippen molar-refractivity contribution in [2.75, 3.05) is 25.0 Å². The molecule has 2 aliphatic rings. The summed E-state index contributed by atoms with van der Waals surface area (Å²) in [6, 6.07) is 16.2. The number of fused-ring (bicyclic) bond motifs is 1. The van der Waals surface area contributed by atoms with Crippen molar-refractivity contribution in [3.63, 3.8) is 0 Å². The lowest BCUT2D eigenvalue weighted by Crippen LogP contribution is -2.49. The second kappa shape index (κ2) is 8.78. The molecular formula is C24H29N3O3. The minimum absolute atomic E-state index is 0.0617.